The van der Waals surface area contributed by atoms with Gasteiger partial charge >= 0.3 is 6.18 Å². The molecule has 1 aromatic carbocycles. The minimum atomic E-state index is -4.62. The summed E-state index contributed by atoms with van der Waals surface area (Å²) in [5.41, 5.74) is -1.64. The molecule has 0 unspecified atom stereocenters. The number of anilines is 1. The number of halogens is 3. The third kappa shape index (κ3) is 4.96. The number of benzene rings is 1. The molecule has 0 saturated carbocycles. The Morgan fingerprint density at radius 2 is 1.85 bits per heavy atom. The zero-order chi connectivity index (χ0) is 20.2. The van der Waals surface area contributed by atoms with Crippen molar-refractivity contribution in [3.63, 3.8) is 0 Å². The van der Waals surface area contributed by atoms with Gasteiger partial charge in [-0.25, -0.2) is 0 Å². The van der Waals surface area contributed by atoms with Crippen LogP contribution in [0.3, 0.4) is 0 Å². The second kappa shape index (κ2) is 8.07. The zero-order valence-electron chi connectivity index (χ0n) is 14.7. The number of nitrogens with one attached hydrogen (secondary N) is 1. The number of aromatic nitrogens is 1. The van der Waals surface area contributed by atoms with Gasteiger partial charge in [0.25, 0.3) is 11.5 Å². The maximum atomic E-state index is 13.0. The summed E-state index contributed by atoms with van der Waals surface area (Å²) < 4.78 is 40.3. The second-order valence-corrected chi connectivity index (χ2v) is 5.78. The first-order chi connectivity index (χ1) is 12.6. The molecule has 6 nitrogen and oxygen atoms in total. The highest BCUT2D eigenvalue weighted by atomic mass is 19.4. The fraction of sp³-hybridized carbons (Fsp3) is 0.278. The topological polar surface area (TPSA) is 71.4 Å². The van der Waals surface area contributed by atoms with Gasteiger partial charge < -0.3 is 14.8 Å². The maximum Gasteiger partial charge on any atom is 0.418 e. The number of amides is 2. The Labute approximate surface area is 153 Å². The number of pyridine rings is 1. The van der Waals surface area contributed by atoms with Gasteiger partial charge in [0.2, 0.25) is 5.91 Å². The molecule has 0 atom stereocenters. The van der Waals surface area contributed by atoms with E-state index in [0.29, 0.717) is 0 Å². The van der Waals surface area contributed by atoms with Gasteiger partial charge in [-0.1, -0.05) is 12.1 Å². The van der Waals surface area contributed by atoms with E-state index < -0.39 is 30.1 Å². The molecule has 2 amide bonds. The third-order valence-corrected chi connectivity index (χ3v) is 3.86. The summed E-state index contributed by atoms with van der Waals surface area (Å²) in [7, 11) is 1.53. The van der Waals surface area contributed by atoms with Crippen molar-refractivity contribution in [1.29, 1.82) is 0 Å². The Morgan fingerprint density at radius 1 is 1.19 bits per heavy atom. The van der Waals surface area contributed by atoms with Crippen LogP contribution in [0, 0.1) is 0 Å². The summed E-state index contributed by atoms with van der Waals surface area (Å²) in [6, 6.07) is 7.16. The minimum Gasteiger partial charge on any atom is -0.330 e. The molecule has 0 aliphatic heterocycles. The monoisotopic (exact) mass is 381 g/mol. The Kier molecular flexibility index (Phi) is 6.04. The summed E-state index contributed by atoms with van der Waals surface area (Å²) in [6.07, 6.45) is -3.20. The molecule has 144 valence electrons. The molecule has 0 aliphatic rings. The van der Waals surface area contributed by atoms with Gasteiger partial charge in [0, 0.05) is 31.4 Å². The minimum absolute atomic E-state index is 0.100. The van der Waals surface area contributed by atoms with E-state index in [1.54, 1.807) is 6.92 Å². The number of rotatable bonds is 5. The van der Waals surface area contributed by atoms with Crippen molar-refractivity contribution < 1.29 is 22.8 Å². The lowest BCUT2D eigenvalue weighted by Crippen LogP contribution is -2.38. The Hall–Kier alpha value is -3.10. The van der Waals surface area contributed by atoms with Gasteiger partial charge in [-0.15, -0.1) is 0 Å². The highest BCUT2D eigenvalue weighted by Gasteiger charge is 2.33. The first-order valence-corrected chi connectivity index (χ1v) is 8.05. The molecule has 9 heteroatoms. The number of para-hydroxylation sites is 1. The van der Waals surface area contributed by atoms with Crippen molar-refractivity contribution in [3.8, 4) is 0 Å². The molecule has 0 aliphatic carbocycles. The lowest BCUT2D eigenvalue weighted by Gasteiger charge is -2.21. The number of carbonyl (C=O) groups is 2. The van der Waals surface area contributed by atoms with E-state index in [9.17, 15) is 27.6 Å². The lowest BCUT2D eigenvalue weighted by atomic mass is 10.1. The molecule has 0 fully saturated rings. The Bertz CT molecular complexity index is 906. The number of aryl methyl sites for hydroxylation is 1. The van der Waals surface area contributed by atoms with Crippen LogP contribution in [0.2, 0.25) is 0 Å². The molecule has 0 bridgehead atoms. The summed E-state index contributed by atoms with van der Waals surface area (Å²) in [4.78, 5) is 37.4. The van der Waals surface area contributed by atoms with E-state index in [-0.39, 0.29) is 23.4 Å². The summed E-state index contributed by atoms with van der Waals surface area (Å²) >= 11 is 0. The Morgan fingerprint density at radius 3 is 2.44 bits per heavy atom. The predicted octanol–water partition coefficient (Wildman–Crippen LogP) is 2.50. The molecular weight excluding hydrogens is 363 g/mol. The number of nitrogens with zero attached hydrogens (tertiary/aromatic N) is 2. The third-order valence-electron chi connectivity index (χ3n) is 3.86. The van der Waals surface area contributed by atoms with Gasteiger partial charge in [-0.05, 0) is 25.1 Å². The van der Waals surface area contributed by atoms with Crippen LogP contribution < -0.4 is 10.9 Å². The van der Waals surface area contributed by atoms with Crippen LogP contribution in [-0.2, 0) is 18.0 Å². The van der Waals surface area contributed by atoms with Crippen LogP contribution in [0.15, 0.2) is 47.4 Å². The quantitative estimate of drug-likeness (QED) is 0.865. The van der Waals surface area contributed by atoms with Crippen LogP contribution in [0.1, 0.15) is 22.8 Å². The van der Waals surface area contributed by atoms with Gasteiger partial charge in [-0.2, -0.15) is 13.2 Å². The van der Waals surface area contributed by atoms with Gasteiger partial charge in [0.1, 0.15) is 6.54 Å². The fourth-order valence-corrected chi connectivity index (χ4v) is 2.39. The first kappa shape index (κ1) is 20.2. The number of carbonyl (C=O) groups excluding carboxylic acids is 2. The molecule has 1 aromatic heterocycles. The van der Waals surface area contributed by atoms with E-state index in [0.717, 1.165) is 23.1 Å². The molecule has 1 heterocycles. The molecular formula is C18H18F3N3O3. The number of hydrogen-bond acceptors (Lipinski definition) is 3. The van der Waals surface area contributed by atoms with Crippen molar-refractivity contribution in [1.82, 2.24) is 9.47 Å². The average Bonchev–Trinajstić information content (AvgIpc) is 2.61. The average molecular weight is 381 g/mol. The van der Waals surface area contributed by atoms with E-state index in [4.69, 9.17) is 0 Å². The van der Waals surface area contributed by atoms with E-state index in [1.807, 2.05) is 0 Å². The van der Waals surface area contributed by atoms with Gasteiger partial charge in [-0.3, -0.25) is 14.4 Å². The number of alkyl halides is 3. The van der Waals surface area contributed by atoms with Crippen LogP contribution in [0.5, 0.6) is 0 Å². The summed E-state index contributed by atoms with van der Waals surface area (Å²) in [5, 5.41) is 2.19. The molecule has 27 heavy (non-hydrogen) atoms. The number of hydrogen-bond donors (Lipinski definition) is 1. The Balaban J connectivity index is 2.15. The largest absolute Gasteiger partial charge is 0.418 e. The fourth-order valence-electron chi connectivity index (χ4n) is 2.39. The predicted molar refractivity (Wildman–Crippen MR) is 93.3 cm³/mol. The molecule has 0 spiro atoms. The smallest absolute Gasteiger partial charge is 0.330 e. The van der Waals surface area contributed by atoms with Gasteiger partial charge in [0.15, 0.2) is 0 Å². The first-order valence-electron chi connectivity index (χ1n) is 8.05. The molecule has 0 radical (unpaired) electrons. The van der Waals surface area contributed by atoms with Crippen LogP contribution in [-0.4, -0.2) is 34.4 Å². The highest BCUT2D eigenvalue weighted by Crippen LogP contribution is 2.34. The van der Waals surface area contributed by atoms with Crippen molar-refractivity contribution in [2.24, 2.45) is 7.05 Å². The molecule has 1 N–H and O–H groups in total. The summed E-state index contributed by atoms with van der Waals surface area (Å²) in [6.45, 7) is 1.31. The maximum absolute atomic E-state index is 13.0. The zero-order valence-corrected chi connectivity index (χ0v) is 14.7. The molecule has 0 saturated heterocycles. The standard InChI is InChI=1S/C18H18F3N3O3/c1-3-24(17(27)12-8-9-23(2)16(26)10-12)11-15(25)22-14-7-5-4-6-13(14)18(19,20)21/h4-10H,3,11H2,1-2H3,(H,22,25). The van der Waals surface area contributed by atoms with Crippen molar-refractivity contribution in [2.75, 3.05) is 18.4 Å². The van der Waals surface area contributed by atoms with Crippen LogP contribution >= 0.6 is 0 Å². The second-order valence-electron chi connectivity index (χ2n) is 5.78. The van der Waals surface area contributed by atoms with Crippen LogP contribution in [0.25, 0.3) is 0 Å². The van der Waals surface area contributed by atoms with Gasteiger partial charge in [0.05, 0.1) is 11.3 Å². The highest BCUT2D eigenvalue weighted by molar-refractivity contribution is 5.99. The van der Waals surface area contributed by atoms with E-state index in [2.05, 4.69) is 5.32 Å². The normalized spacial score (nSPS) is 11.1. The van der Waals surface area contributed by atoms with Crippen molar-refractivity contribution >= 4 is 17.5 Å². The van der Waals surface area contributed by atoms with Crippen molar-refractivity contribution in [2.45, 2.75) is 13.1 Å². The lowest BCUT2D eigenvalue weighted by molar-refractivity contribution is -0.137. The van der Waals surface area contributed by atoms with E-state index >= 15 is 0 Å². The SMILES string of the molecule is CCN(CC(=O)Nc1ccccc1C(F)(F)F)C(=O)c1ccn(C)c(=O)c1. The number of likely N-dealkylation sites (N-methyl/N-ethyl adjacent to an activating group) is 1. The van der Waals surface area contributed by atoms with Crippen LogP contribution in [0.4, 0.5) is 18.9 Å². The van der Waals surface area contributed by atoms with Crippen molar-refractivity contribution in [3.05, 3.63) is 64.1 Å². The van der Waals surface area contributed by atoms with E-state index in [1.165, 1.54) is 36.0 Å². The molecule has 2 rings (SSSR count). The molecule has 2 aromatic rings. The summed E-state index contributed by atoms with van der Waals surface area (Å²) in [5.74, 6) is -1.33.